The van der Waals surface area contributed by atoms with Crippen molar-refractivity contribution in [2.24, 2.45) is 7.05 Å². The summed E-state index contributed by atoms with van der Waals surface area (Å²) in [5.41, 5.74) is 3.40. The summed E-state index contributed by atoms with van der Waals surface area (Å²) in [5.74, 6) is 2.08. The van der Waals surface area contributed by atoms with E-state index in [1.165, 1.54) is 10.9 Å². The number of aliphatic hydroxyl groups is 1. The number of fused-ring (bicyclic) bond motifs is 1. The van der Waals surface area contributed by atoms with Crippen molar-refractivity contribution in [3.8, 4) is 28.5 Å². The number of hydrogen-bond donors (Lipinski definition) is 3. The largest absolute Gasteiger partial charge is 0.493 e. The van der Waals surface area contributed by atoms with Crippen molar-refractivity contribution in [3.05, 3.63) is 66.5 Å². The van der Waals surface area contributed by atoms with Crippen LogP contribution in [-0.2, 0) is 7.05 Å². The molecule has 0 fully saturated rings. The number of aldehydes is 1. The number of carbonyl (C=O) groups excluding carboxylic acids is 1. The van der Waals surface area contributed by atoms with Gasteiger partial charge in [-0.3, -0.25) is 9.20 Å². The van der Waals surface area contributed by atoms with E-state index in [0.29, 0.717) is 35.0 Å². The van der Waals surface area contributed by atoms with Crippen molar-refractivity contribution < 1.29 is 15.0 Å². The van der Waals surface area contributed by atoms with Gasteiger partial charge in [-0.1, -0.05) is 31.2 Å². The number of aliphatic hydroxyl groups excluding tert-OH is 1. The number of rotatable bonds is 8. The minimum atomic E-state index is -0.0265. The fourth-order valence-electron chi connectivity index (χ4n) is 3.95. The molecule has 1 atom stereocenters. The zero-order chi connectivity index (χ0) is 25.2. The molecule has 5 aromatic rings. The van der Waals surface area contributed by atoms with E-state index in [1.54, 1.807) is 37.6 Å². The number of imidazole rings is 1. The van der Waals surface area contributed by atoms with Gasteiger partial charge in [-0.05, 0) is 12.5 Å². The molecule has 3 N–H and O–H groups in total. The van der Waals surface area contributed by atoms with Gasteiger partial charge < -0.3 is 15.5 Å². The van der Waals surface area contributed by atoms with E-state index in [9.17, 15) is 15.0 Å². The predicted octanol–water partition coefficient (Wildman–Crippen LogP) is 3.33. The van der Waals surface area contributed by atoms with E-state index in [2.05, 4.69) is 25.4 Å². The van der Waals surface area contributed by atoms with Gasteiger partial charge in [0.05, 0.1) is 29.8 Å². The van der Waals surface area contributed by atoms with E-state index >= 15 is 0 Å². The summed E-state index contributed by atoms with van der Waals surface area (Å²) in [5, 5.41) is 26.9. The molecule has 0 aliphatic rings. The minimum Gasteiger partial charge on any atom is -0.493 e. The zero-order valence-electron chi connectivity index (χ0n) is 19.7. The lowest BCUT2D eigenvalue weighted by Gasteiger charge is -2.10. The molecule has 0 saturated heterocycles. The SMILES string of the molecule is C[C@@H](CCO)c1nc(-c2ccc(C=O)cc2)c2cnc(Nc3ccnc(-c4cnn(C)c4O)n3)cn12. The van der Waals surface area contributed by atoms with E-state index in [0.717, 1.165) is 28.9 Å². The molecule has 11 heteroatoms. The van der Waals surface area contributed by atoms with Gasteiger partial charge in [0, 0.05) is 36.9 Å². The molecule has 0 amide bonds. The van der Waals surface area contributed by atoms with Crippen LogP contribution >= 0.6 is 0 Å². The van der Waals surface area contributed by atoms with Crippen molar-refractivity contribution in [1.29, 1.82) is 0 Å². The summed E-state index contributed by atoms with van der Waals surface area (Å²) in [6, 6.07) is 8.91. The third kappa shape index (κ3) is 4.27. The maximum atomic E-state index is 11.1. The normalized spacial score (nSPS) is 12.1. The van der Waals surface area contributed by atoms with Crippen molar-refractivity contribution in [1.82, 2.24) is 34.1 Å². The van der Waals surface area contributed by atoms with Crippen LogP contribution in [0, 0.1) is 0 Å². The molecule has 0 aliphatic carbocycles. The summed E-state index contributed by atoms with van der Waals surface area (Å²) in [6.07, 6.45) is 8.00. The second-order valence-electron chi connectivity index (χ2n) is 8.40. The maximum absolute atomic E-state index is 11.1. The van der Waals surface area contributed by atoms with Crippen LogP contribution in [0.25, 0.3) is 28.2 Å². The molecule has 0 bridgehead atoms. The predicted molar refractivity (Wildman–Crippen MR) is 133 cm³/mol. The highest BCUT2D eigenvalue weighted by molar-refractivity contribution is 5.81. The van der Waals surface area contributed by atoms with Crippen LogP contribution in [0.2, 0.25) is 0 Å². The van der Waals surface area contributed by atoms with E-state index < -0.39 is 0 Å². The van der Waals surface area contributed by atoms with Crippen LogP contribution in [0.1, 0.15) is 35.4 Å². The highest BCUT2D eigenvalue weighted by atomic mass is 16.3. The first-order valence-corrected chi connectivity index (χ1v) is 11.3. The van der Waals surface area contributed by atoms with Crippen LogP contribution in [0.3, 0.4) is 0 Å². The molecular weight excluding hydrogens is 460 g/mol. The third-order valence-electron chi connectivity index (χ3n) is 5.94. The molecule has 0 spiro atoms. The van der Waals surface area contributed by atoms with E-state index in [4.69, 9.17) is 4.98 Å². The molecular formula is C25H24N8O3. The molecule has 11 nitrogen and oxygen atoms in total. The van der Waals surface area contributed by atoms with Gasteiger partial charge in [0.25, 0.3) is 0 Å². The summed E-state index contributed by atoms with van der Waals surface area (Å²) in [7, 11) is 1.63. The number of nitrogens with zero attached hydrogens (tertiary/aromatic N) is 7. The maximum Gasteiger partial charge on any atom is 0.220 e. The Morgan fingerprint density at radius 3 is 2.58 bits per heavy atom. The van der Waals surface area contributed by atoms with Crippen LogP contribution < -0.4 is 5.32 Å². The fraction of sp³-hybridized carbons (Fsp3) is 0.200. The average molecular weight is 485 g/mol. The number of aromatic hydroxyl groups is 1. The zero-order valence-corrected chi connectivity index (χ0v) is 19.7. The van der Waals surface area contributed by atoms with Crippen LogP contribution in [0.5, 0.6) is 5.88 Å². The Morgan fingerprint density at radius 1 is 1.08 bits per heavy atom. The topological polar surface area (TPSA) is 143 Å². The molecule has 1 aromatic carbocycles. The summed E-state index contributed by atoms with van der Waals surface area (Å²) < 4.78 is 3.29. The first-order chi connectivity index (χ1) is 17.5. The van der Waals surface area contributed by atoms with Gasteiger partial charge in [-0.2, -0.15) is 5.10 Å². The lowest BCUT2D eigenvalue weighted by molar-refractivity contribution is 0.112. The quantitative estimate of drug-likeness (QED) is 0.283. The Balaban J connectivity index is 1.53. The molecule has 4 heterocycles. The number of nitrogens with one attached hydrogen (secondary N) is 1. The lowest BCUT2D eigenvalue weighted by Crippen LogP contribution is -2.05. The van der Waals surface area contributed by atoms with Crippen LogP contribution in [0.4, 0.5) is 11.6 Å². The first-order valence-electron chi connectivity index (χ1n) is 11.3. The number of aromatic nitrogens is 7. The Bertz CT molecular complexity index is 1540. The van der Waals surface area contributed by atoms with Gasteiger partial charge in [0.1, 0.15) is 29.3 Å². The lowest BCUT2D eigenvalue weighted by atomic mass is 10.1. The van der Waals surface area contributed by atoms with Gasteiger partial charge in [0.2, 0.25) is 5.88 Å². The summed E-state index contributed by atoms with van der Waals surface area (Å²) in [6.45, 7) is 2.05. The van der Waals surface area contributed by atoms with Gasteiger partial charge in [0.15, 0.2) is 5.82 Å². The number of hydrogen-bond acceptors (Lipinski definition) is 9. The van der Waals surface area contributed by atoms with Gasteiger partial charge >= 0.3 is 0 Å². The average Bonchev–Trinajstić information content (AvgIpc) is 3.44. The Labute approximate surface area is 206 Å². The van der Waals surface area contributed by atoms with Crippen molar-refractivity contribution in [2.45, 2.75) is 19.3 Å². The standard InChI is InChI=1S/C25H24N8O3/c1-15(8-10-34)24-31-22(17-5-3-16(14-35)4-6-17)19-12-27-21(13-33(19)24)29-20-7-9-26-23(30-20)18-11-28-32(2)25(18)36/h3-7,9,11-15,34,36H,8,10H2,1-2H3,(H,26,29,30)/t15-/m0/s1. The second-order valence-corrected chi connectivity index (χ2v) is 8.40. The number of benzene rings is 1. The molecule has 4 aromatic heterocycles. The second kappa shape index (κ2) is 9.55. The van der Waals surface area contributed by atoms with E-state index in [-0.39, 0.29) is 18.4 Å². The third-order valence-corrected chi connectivity index (χ3v) is 5.94. The van der Waals surface area contributed by atoms with Crippen LogP contribution in [-0.4, -0.2) is 57.2 Å². The Kier molecular flexibility index (Phi) is 6.13. The Morgan fingerprint density at radius 2 is 1.89 bits per heavy atom. The van der Waals surface area contributed by atoms with Crippen molar-refractivity contribution in [3.63, 3.8) is 0 Å². The van der Waals surface area contributed by atoms with Crippen molar-refractivity contribution in [2.75, 3.05) is 11.9 Å². The monoisotopic (exact) mass is 484 g/mol. The number of carbonyl (C=O) groups is 1. The van der Waals surface area contributed by atoms with Gasteiger partial charge in [-0.25, -0.2) is 24.6 Å². The molecule has 0 unspecified atom stereocenters. The first kappa shape index (κ1) is 23.1. The highest BCUT2D eigenvalue weighted by Crippen LogP contribution is 2.30. The molecule has 0 radical (unpaired) electrons. The number of anilines is 2. The molecule has 36 heavy (non-hydrogen) atoms. The smallest absolute Gasteiger partial charge is 0.220 e. The van der Waals surface area contributed by atoms with Crippen LogP contribution in [0.15, 0.2) is 55.1 Å². The molecule has 0 aliphatic heterocycles. The molecule has 5 rings (SSSR count). The Hall–Kier alpha value is -4.64. The van der Waals surface area contributed by atoms with E-state index in [1.807, 2.05) is 29.7 Å². The minimum absolute atomic E-state index is 0.0139. The van der Waals surface area contributed by atoms with Gasteiger partial charge in [-0.15, -0.1) is 0 Å². The molecule has 182 valence electrons. The summed E-state index contributed by atoms with van der Waals surface area (Å²) >= 11 is 0. The fourth-order valence-corrected chi connectivity index (χ4v) is 3.95. The summed E-state index contributed by atoms with van der Waals surface area (Å²) in [4.78, 5) is 29.2. The van der Waals surface area contributed by atoms with Crippen molar-refractivity contribution >= 4 is 23.4 Å². The highest BCUT2D eigenvalue weighted by Gasteiger charge is 2.19. The number of aryl methyl sites for hydroxylation is 1. The molecule has 0 saturated carbocycles.